The van der Waals surface area contributed by atoms with Gasteiger partial charge in [0.2, 0.25) is 0 Å². The molecule has 1 rings (SSSR count). The summed E-state index contributed by atoms with van der Waals surface area (Å²) in [6.45, 7) is 4.21. The van der Waals surface area contributed by atoms with E-state index in [0.717, 1.165) is 4.90 Å². The molecule has 0 heterocycles. The zero-order valence-electron chi connectivity index (χ0n) is 6.70. The third-order valence-corrected chi connectivity index (χ3v) is 2.02. The number of phenolic OH excluding ortho intramolecular Hbond substituents is 1. The number of hydrogen-bond donors (Lipinski definition) is 2. The van der Waals surface area contributed by atoms with Crippen LogP contribution in [0.3, 0.4) is 0 Å². The lowest BCUT2D eigenvalue weighted by Crippen LogP contribution is -1.87. The molecule has 0 aromatic heterocycles. The lowest BCUT2D eigenvalue weighted by Gasteiger charge is -2.07. The van der Waals surface area contributed by atoms with Crippen molar-refractivity contribution in [3.05, 3.63) is 23.8 Å². The summed E-state index contributed by atoms with van der Waals surface area (Å²) >= 11 is 4.25. The van der Waals surface area contributed by atoms with Crippen molar-refractivity contribution in [2.24, 2.45) is 0 Å². The summed E-state index contributed by atoms with van der Waals surface area (Å²) in [7, 11) is 0. The Bertz CT molecular complexity index is 256. The highest BCUT2D eigenvalue weighted by molar-refractivity contribution is 7.80. The van der Waals surface area contributed by atoms with Crippen molar-refractivity contribution in [3.8, 4) is 5.75 Å². The Hall–Kier alpha value is -0.630. The van der Waals surface area contributed by atoms with E-state index in [-0.39, 0.29) is 5.75 Å². The minimum Gasteiger partial charge on any atom is -0.508 e. The molecule has 0 saturated heterocycles. The average Bonchev–Trinajstić information content (AvgIpc) is 1.85. The van der Waals surface area contributed by atoms with Gasteiger partial charge in [-0.3, -0.25) is 0 Å². The molecule has 1 aromatic carbocycles. The van der Waals surface area contributed by atoms with E-state index in [1.165, 1.54) is 5.56 Å². The zero-order chi connectivity index (χ0) is 8.43. The summed E-state index contributed by atoms with van der Waals surface area (Å²) < 4.78 is 0. The summed E-state index contributed by atoms with van der Waals surface area (Å²) in [5.74, 6) is 0.738. The largest absolute Gasteiger partial charge is 0.508 e. The normalized spacial score (nSPS) is 10.5. The third-order valence-electron chi connectivity index (χ3n) is 1.64. The maximum Gasteiger partial charge on any atom is 0.116 e. The van der Waals surface area contributed by atoms with Gasteiger partial charge < -0.3 is 5.11 Å². The lowest BCUT2D eigenvalue weighted by atomic mass is 10.0. The van der Waals surface area contributed by atoms with E-state index in [0.29, 0.717) is 5.92 Å². The molecule has 1 nitrogen and oxygen atoms in total. The lowest BCUT2D eigenvalue weighted by molar-refractivity contribution is 0.473. The predicted molar refractivity (Wildman–Crippen MR) is 49.4 cm³/mol. The standard InChI is InChI=1S/C9H12OS/c1-6(2)8-4-3-7(10)5-9(8)11/h3-6,10-11H,1-2H3. The molecule has 0 amide bonds. The van der Waals surface area contributed by atoms with Gasteiger partial charge in [-0.25, -0.2) is 0 Å². The molecule has 0 spiro atoms. The van der Waals surface area contributed by atoms with Gasteiger partial charge >= 0.3 is 0 Å². The van der Waals surface area contributed by atoms with Gasteiger partial charge in [0.05, 0.1) is 0 Å². The fourth-order valence-corrected chi connectivity index (χ4v) is 1.49. The molecule has 0 aliphatic carbocycles. The van der Waals surface area contributed by atoms with Gasteiger partial charge in [-0.05, 0) is 23.6 Å². The quantitative estimate of drug-likeness (QED) is 0.618. The number of benzene rings is 1. The van der Waals surface area contributed by atoms with E-state index in [4.69, 9.17) is 5.11 Å². The molecule has 60 valence electrons. The number of hydrogen-bond acceptors (Lipinski definition) is 2. The van der Waals surface area contributed by atoms with Crippen molar-refractivity contribution in [2.45, 2.75) is 24.7 Å². The fraction of sp³-hybridized carbons (Fsp3) is 0.333. The monoisotopic (exact) mass is 168 g/mol. The molecule has 0 fully saturated rings. The Balaban J connectivity index is 3.09. The molecule has 0 unspecified atom stereocenters. The van der Waals surface area contributed by atoms with E-state index in [9.17, 15) is 0 Å². The van der Waals surface area contributed by atoms with Crippen molar-refractivity contribution >= 4 is 12.6 Å². The molecular formula is C9H12OS. The van der Waals surface area contributed by atoms with E-state index < -0.39 is 0 Å². The molecule has 0 bridgehead atoms. The molecule has 0 saturated carbocycles. The summed E-state index contributed by atoms with van der Waals surface area (Å²) in [6, 6.07) is 5.26. The van der Waals surface area contributed by atoms with Gasteiger partial charge in [0, 0.05) is 4.90 Å². The third kappa shape index (κ3) is 1.90. The van der Waals surface area contributed by atoms with Crippen LogP contribution in [0, 0.1) is 0 Å². The highest BCUT2D eigenvalue weighted by Gasteiger charge is 2.03. The topological polar surface area (TPSA) is 20.2 Å². The van der Waals surface area contributed by atoms with Crippen molar-refractivity contribution in [1.29, 1.82) is 0 Å². The Morgan fingerprint density at radius 2 is 2.00 bits per heavy atom. The van der Waals surface area contributed by atoms with Crippen LogP contribution in [0.5, 0.6) is 5.75 Å². The summed E-state index contributed by atoms with van der Waals surface area (Å²) in [5, 5.41) is 9.07. The van der Waals surface area contributed by atoms with Crippen LogP contribution in [0.1, 0.15) is 25.3 Å². The van der Waals surface area contributed by atoms with Crippen LogP contribution in [0.15, 0.2) is 23.1 Å². The number of thiol groups is 1. The van der Waals surface area contributed by atoms with Gasteiger partial charge in [0.15, 0.2) is 0 Å². The predicted octanol–water partition coefficient (Wildman–Crippen LogP) is 2.80. The maximum absolute atomic E-state index is 9.07. The van der Waals surface area contributed by atoms with Gasteiger partial charge in [0.25, 0.3) is 0 Å². The van der Waals surface area contributed by atoms with Crippen molar-refractivity contribution in [3.63, 3.8) is 0 Å². The first kappa shape index (κ1) is 8.47. The molecule has 1 N–H and O–H groups in total. The first-order chi connectivity index (χ1) is 5.11. The van der Waals surface area contributed by atoms with Crippen LogP contribution >= 0.6 is 12.6 Å². The van der Waals surface area contributed by atoms with E-state index in [1.807, 2.05) is 6.07 Å². The molecular weight excluding hydrogens is 156 g/mol. The van der Waals surface area contributed by atoms with Crippen LogP contribution in [-0.4, -0.2) is 5.11 Å². The second-order valence-electron chi connectivity index (χ2n) is 2.90. The highest BCUT2D eigenvalue weighted by Crippen LogP contribution is 2.25. The Kier molecular flexibility index (Phi) is 2.45. The minimum atomic E-state index is 0.277. The van der Waals surface area contributed by atoms with Gasteiger partial charge in [-0.15, -0.1) is 12.6 Å². The SMILES string of the molecule is CC(C)c1ccc(O)cc1S. The Labute approximate surface area is 72.5 Å². The van der Waals surface area contributed by atoms with E-state index in [1.54, 1.807) is 12.1 Å². The van der Waals surface area contributed by atoms with Crippen LogP contribution in [-0.2, 0) is 0 Å². The Morgan fingerprint density at radius 3 is 2.45 bits per heavy atom. The molecule has 0 radical (unpaired) electrons. The summed E-state index contributed by atoms with van der Waals surface area (Å²) in [5.41, 5.74) is 1.17. The van der Waals surface area contributed by atoms with Crippen LogP contribution < -0.4 is 0 Å². The van der Waals surface area contributed by atoms with Gasteiger partial charge in [-0.2, -0.15) is 0 Å². The minimum absolute atomic E-state index is 0.277. The van der Waals surface area contributed by atoms with Gasteiger partial charge in [-0.1, -0.05) is 19.9 Å². The highest BCUT2D eigenvalue weighted by atomic mass is 32.1. The summed E-state index contributed by atoms with van der Waals surface area (Å²) in [4.78, 5) is 0.861. The maximum atomic E-state index is 9.07. The summed E-state index contributed by atoms with van der Waals surface area (Å²) in [6.07, 6.45) is 0. The zero-order valence-corrected chi connectivity index (χ0v) is 7.60. The van der Waals surface area contributed by atoms with Crippen molar-refractivity contribution in [2.75, 3.05) is 0 Å². The first-order valence-electron chi connectivity index (χ1n) is 3.63. The molecule has 11 heavy (non-hydrogen) atoms. The van der Waals surface area contributed by atoms with E-state index in [2.05, 4.69) is 26.5 Å². The van der Waals surface area contributed by atoms with Crippen molar-refractivity contribution < 1.29 is 5.11 Å². The second-order valence-corrected chi connectivity index (χ2v) is 3.38. The smallest absolute Gasteiger partial charge is 0.116 e. The van der Waals surface area contributed by atoms with Crippen LogP contribution in [0.4, 0.5) is 0 Å². The number of rotatable bonds is 1. The molecule has 0 aliphatic heterocycles. The number of aromatic hydroxyl groups is 1. The van der Waals surface area contributed by atoms with Gasteiger partial charge in [0.1, 0.15) is 5.75 Å². The number of phenols is 1. The molecule has 0 aliphatic rings. The first-order valence-corrected chi connectivity index (χ1v) is 4.08. The van der Waals surface area contributed by atoms with Crippen molar-refractivity contribution in [1.82, 2.24) is 0 Å². The second kappa shape index (κ2) is 3.18. The average molecular weight is 168 g/mol. The molecule has 2 heteroatoms. The van der Waals surface area contributed by atoms with Crippen LogP contribution in [0.2, 0.25) is 0 Å². The molecule has 1 aromatic rings. The van der Waals surface area contributed by atoms with E-state index >= 15 is 0 Å². The van der Waals surface area contributed by atoms with Crippen LogP contribution in [0.25, 0.3) is 0 Å². The molecule has 0 atom stereocenters. The Morgan fingerprint density at radius 1 is 1.36 bits per heavy atom. The fourth-order valence-electron chi connectivity index (χ4n) is 1.02.